The van der Waals surface area contributed by atoms with Crippen molar-refractivity contribution in [2.75, 3.05) is 38.0 Å². The van der Waals surface area contributed by atoms with Crippen molar-refractivity contribution in [3.63, 3.8) is 0 Å². The van der Waals surface area contributed by atoms with Crippen LogP contribution in [0.2, 0.25) is 0 Å². The highest BCUT2D eigenvalue weighted by Crippen LogP contribution is 2.35. The largest absolute Gasteiger partial charge is 0.506 e. The molecule has 0 spiro atoms. The number of hydrogen-bond acceptors (Lipinski definition) is 5. The number of fused-ring (bicyclic) bond motifs is 1. The van der Waals surface area contributed by atoms with E-state index in [1.54, 1.807) is 32.3 Å². The Morgan fingerprint density at radius 2 is 2.04 bits per heavy atom. The molecule has 0 bridgehead atoms. The number of carbonyl (C=O) groups excluding carboxylic acids is 2. The predicted molar refractivity (Wildman–Crippen MR) is 103 cm³/mol. The first-order valence-corrected chi connectivity index (χ1v) is 8.76. The van der Waals surface area contributed by atoms with Crippen molar-refractivity contribution in [2.45, 2.75) is 12.5 Å². The topological polar surface area (TPSA) is 82.1 Å². The van der Waals surface area contributed by atoms with Gasteiger partial charge in [0.15, 0.2) is 0 Å². The van der Waals surface area contributed by atoms with Crippen LogP contribution in [0.4, 0.5) is 15.8 Å². The fourth-order valence-corrected chi connectivity index (χ4v) is 3.02. The summed E-state index contributed by atoms with van der Waals surface area (Å²) in [6.07, 6.45) is 0.0672. The van der Waals surface area contributed by atoms with Crippen LogP contribution in [0.15, 0.2) is 36.4 Å². The van der Waals surface area contributed by atoms with Gasteiger partial charge in [-0.15, -0.1) is 0 Å². The minimum atomic E-state index is -0.557. The van der Waals surface area contributed by atoms with E-state index in [-0.39, 0.29) is 42.3 Å². The molecular formula is C20H22FN3O4. The number of carbonyl (C=O) groups is 2. The molecule has 1 aliphatic rings. The van der Waals surface area contributed by atoms with E-state index in [9.17, 15) is 19.1 Å². The lowest BCUT2D eigenvalue weighted by Gasteiger charge is -2.35. The van der Waals surface area contributed by atoms with Gasteiger partial charge in [0, 0.05) is 32.8 Å². The third kappa shape index (κ3) is 4.00. The van der Waals surface area contributed by atoms with Crippen LogP contribution in [-0.2, 0) is 4.79 Å². The van der Waals surface area contributed by atoms with Crippen molar-refractivity contribution in [3.05, 3.63) is 47.8 Å². The number of ether oxygens (including phenoxy) is 1. The number of benzene rings is 2. The van der Waals surface area contributed by atoms with E-state index in [2.05, 4.69) is 5.32 Å². The Morgan fingerprint density at radius 1 is 1.29 bits per heavy atom. The molecule has 0 aromatic heterocycles. The van der Waals surface area contributed by atoms with Gasteiger partial charge in [0.25, 0.3) is 5.91 Å². The van der Waals surface area contributed by atoms with Crippen LogP contribution >= 0.6 is 0 Å². The second-order valence-corrected chi connectivity index (χ2v) is 6.87. The Morgan fingerprint density at radius 3 is 2.75 bits per heavy atom. The zero-order chi connectivity index (χ0) is 20.4. The molecule has 2 aromatic rings. The zero-order valence-corrected chi connectivity index (χ0v) is 15.9. The molecule has 2 aromatic carbocycles. The van der Waals surface area contributed by atoms with Crippen molar-refractivity contribution < 1.29 is 23.8 Å². The van der Waals surface area contributed by atoms with Gasteiger partial charge in [0.05, 0.1) is 23.8 Å². The maximum atomic E-state index is 13.3. The van der Waals surface area contributed by atoms with E-state index in [4.69, 9.17) is 4.74 Å². The lowest BCUT2D eigenvalue weighted by atomic mass is 10.1. The number of nitrogens with zero attached hydrogens (tertiary/aromatic N) is 2. The normalized spacial score (nSPS) is 15.4. The molecule has 8 heteroatoms. The van der Waals surface area contributed by atoms with Gasteiger partial charge in [-0.25, -0.2) is 4.39 Å². The number of likely N-dealkylation sites (N-methyl/N-ethyl adjacent to an activating group) is 1. The predicted octanol–water partition coefficient (Wildman–Crippen LogP) is 2.46. The fraction of sp³-hybridized carbons (Fsp3) is 0.300. The van der Waals surface area contributed by atoms with E-state index in [1.165, 1.54) is 11.0 Å². The van der Waals surface area contributed by atoms with Crippen LogP contribution < -0.4 is 15.0 Å². The summed E-state index contributed by atoms with van der Waals surface area (Å²) in [5.41, 5.74) is 1.25. The minimum absolute atomic E-state index is 0.0173. The molecule has 2 N–H and O–H groups in total. The first kappa shape index (κ1) is 19.5. The molecule has 1 atom stereocenters. The van der Waals surface area contributed by atoms with E-state index >= 15 is 0 Å². The number of rotatable bonds is 4. The quantitative estimate of drug-likeness (QED) is 0.788. The van der Waals surface area contributed by atoms with Crippen LogP contribution in [0.1, 0.15) is 16.8 Å². The highest BCUT2D eigenvalue weighted by molar-refractivity contribution is 5.96. The summed E-state index contributed by atoms with van der Waals surface area (Å²) in [4.78, 5) is 28.0. The number of hydrogen-bond donors (Lipinski definition) is 2. The van der Waals surface area contributed by atoms with E-state index < -0.39 is 5.82 Å². The van der Waals surface area contributed by atoms with Crippen molar-refractivity contribution >= 4 is 23.2 Å². The number of halogens is 1. The molecule has 0 saturated carbocycles. The van der Waals surface area contributed by atoms with Crippen molar-refractivity contribution in [1.82, 2.24) is 4.90 Å². The second kappa shape index (κ2) is 7.75. The van der Waals surface area contributed by atoms with Gasteiger partial charge in [-0.2, -0.15) is 0 Å². The summed E-state index contributed by atoms with van der Waals surface area (Å²) < 4.78 is 19.1. The average molecular weight is 387 g/mol. The second-order valence-electron chi connectivity index (χ2n) is 6.87. The average Bonchev–Trinajstić information content (AvgIpc) is 2.66. The first-order chi connectivity index (χ1) is 13.3. The summed E-state index contributed by atoms with van der Waals surface area (Å²) in [7, 11) is 5.18. The number of anilines is 2. The molecule has 148 valence electrons. The number of phenols is 1. The number of phenolic OH excluding ortho intramolecular Hbond substituents is 1. The van der Waals surface area contributed by atoms with Gasteiger partial charge in [-0.1, -0.05) is 0 Å². The summed E-state index contributed by atoms with van der Waals surface area (Å²) in [5.74, 6) is -0.640. The van der Waals surface area contributed by atoms with Gasteiger partial charge in [-0.05, 0) is 30.3 Å². The minimum Gasteiger partial charge on any atom is -0.506 e. The Hall–Kier alpha value is -3.29. The Kier molecular flexibility index (Phi) is 5.39. The fourth-order valence-electron chi connectivity index (χ4n) is 3.02. The van der Waals surface area contributed by atoms with Gasteiger partial charge < -0.3 is 25.0 Å². The molecule has 0 aliphatic carbocycles. The highest BCUT2D eigenvalue weighted by atomic mass is 19.1. The molecule has 0 saturated heterocycles. The molecule has 3 rings (SSSR count). The summed E-state index contributed by atoms with van der Waals surface area (Å²) in [6, 6.07) is 8.24. The van der Waals surface area contributed by atoms with Crippen molar-refractivity contribution in [3.8, 4) is 11.5 Å². The molecule has 7 nitrogen and oxygen atoms in total. The third-order valence-electron chi connectivity index (χ3n) is 4.62. The third-order valence-corrected chi connectivity index (χ3v) is 4.62. The standard InChI is InChI=1S/C20H22FN3O4/c1-23(2)20(27)12-4-7-18-16(8-12)24(3)14(11-28-18)10-19(26)22-15-9-13(21)5-6-17(15)25/h4-9,14,25H,10-11H2,1-3H3,(H,22,26)/t14-/m0/s1. The number of amides is 2. The molecule has 1 heterocycles. The Bertz CT molecular complexity index is 916. The molecule has 0 unspecified atom stereocenters. The van der Waals surface area contributed by atoms with Gasteiger partial charge in [0.1, 0.15) is 23.9 Å². The van der Waals surface area contributed by atoms with Crippen LogP contribution in [0.25, 0.3) is 0 Å². The monoisotopic (exact) mass is 387 g/mol. The van der Waals surface area contributed by atoms with Gasteiger partial charge in [-0.3, -0.25) is 9.59 Å². The summed E-state index contributed by atoms with van der Waals surface area (Å²) in [6.45, 7) is 0.285. The zero-order valence-electron chi connectivity index (χ0n) is 15.9. The molecule has 1 aliphatic heterocycles. The van der Waals surface area contributed by atoms with Crippen LogP contribution in [0.5, 0.6) is 11.5 Å². The van der Waals surface area contributed by atoms with E-state index in [1.807, 2.05) is 11.9 Å². The van der Waals surface area contributed by atoms with Gasteiger partial charge >= 0.3 is 0 Å². The smallest absolute Gasteiger partial charge is 0.253 e. The molecule has 28 heavy (non-hydrogen) atoms. The van der Waals surface area contributed by atoms with E-state index in [0.29, 0.717) is 17.0 Å². The van der Waals surface area contributed by atoms with E-state index in [0.717, 1.165) is 12.1 Å². The number of aromatic hydroxyl groups is 1. The van der Waals surface area contributed by atoms with Crippen LogP contribution in [0.3, 0.4) is 0 Å². The SMILES string of the molecule is CN(C)C(=O)c1ccc2c(c1)N(C)[C@@H](CC(=O)Nc1cc(F)ccc1O)CO2. The molecular weight excluding hydrogens is 365 g/mol. The maximum Gasteiger partial charge on any atom is 0.253 e. The summed E-state index contributed by atoms with van der Waals surface area (Å²) in [5, 5.41) is 12.3. The van der Waals surface area contributed by atoms with Crippen molar-refractivity contribution in [1.29, 1.82) is 0 Å². The molecule has 2 amide bonds. The lowest BCUT2D eigenvalue weighted by molar-refractivity contribution is -0.116. The first-order valence-electron chi connectivity index (χ1n) is 8.76. The number of nitrogens with one attached hydrogen (secondary N) is 1. The Labute approximate surface area is 162 Å². The lowest BCUT2D eigenvalue weighted by Crippen LogP contribution is -2.42. The van der Waals surface area contributed by atoms with Crippen molar-refractivity contribution in [2.24, 2.45) is 0 Å². The molecule has 0 fully saturated rings. The van der Waals surface area contributed by atoms with Gasteiger partial charge in [0.2, 0.25) is 5.91 Å². The van der Waals surface area contributed by atoms with Crippen LogP contribution in [0, 0.1) is 5.82 Å². The maximum absolute atomic E-state index is 13.3. The molecule has 0 radical (unpaired) electrons. The summed E-state index contributed by atoms with van der Waals surface area (Å²) >= 11 is 0. The Balaban J connectivity index is 1.73. The van der Waals surface area contributed by atoms with Crippen LogP contribution in [-0.4, -0.2) is 55.6 Å². The highest BCUT2D eigenvalue weighted by Gasteiger charge is 2.28.